The van der Waals surface area contributed by atoms with Gasteiger partial charge < -0.3 is 9.47 Å². The summed E-state index contributed by atoms with van der Waals surface area (Å²) >= 11 is 0. The van der Waals surface area contributed by atoms with E-state index in [4.69, 9.17) is 9.47 Å². The molecule has 0 radical (unpaired) electrons. The molecular weight excluding hydrogens is 192 g/mol. The quantitative estimate of drug-likeness (QED) is 0.483. The van der Waals surface area contributed by atoms with E-state index >= 15 is 0 Å². The first-order chi connectivity index (χ1) is 6.97. The molecule has 88 valence electrons. The Balaban J connectivity index is 3.83. The standard InChI is InChI=1S/C12H22O3/c1-6-11(7-8-14-10(4)5)15-12(13)9(2)3/h10-11H,2,6-8H2,1,3-5H3/t11-/m1/s1. The summed E-state index contributed by atoms with van der Waals surface area (Å²) in [5.41, 5.74) is 0.443. The Hall–Kier alpha value is -0.830. The lowest BCUT2D eigenvalue weighted by Gasteiger charge is -2.17. The summed E-state index contributed by atoms with van der Waals surface area (Å²) in [6, 6.07) is 0. The summed E-state index contributed by atoms with van der Waals surface area (Å²) in [5, 5.41) is 0. The van der Waals surface area contributed by atoms with Gasteiger partial charge in [0.2, 0.25) is 0 Å². The van der Waals surface area contributed by atoms with Crippen molar-refractivity contribution in [1.82, 2.24) is 0 Å². The Morgan fingerprint density at radius 2 is 2.00 bits per heavy atom. The van der Waals surface area contributed by atoms with Crippen LogP contribution in [0.1, 0.15) is 40.5 Å². The molecule has 0 aromatic rings. The smallest absolute Gasteiger partial charge is 0.333 e. The van der Waals surface area contributed by atoms with E-state index in [9.17, 15) is 4.79 Å². The van der Waals surface area contributed by atoms with E-state index in [0.29, 0.717) is 12.2 Å². The van der Waals surface area contributed by atoms with Crippen molar-refractivity contribution in [3.05, 3.63) is 12.2 Å². The third-order valence-corrected chi connectivity index (χ3v) is 1.97. The molecule has 0 heterocycles. The molecule has 1 atom stereocenters. The van der Waals surface area contributed by atoms with Crippen LogP contribution in [0.4, 0.5) is 0 Å². The van der Waals surface area contributed by atoms with Gasteiger partial charge in [-0.05, 0) is 27.2 Å². The van der Waals surface area contributed by atoms with Crippen LogP contribution in [0.2, 0.25) is 0 Å². The molecule has 3 heteroatoms. The maximum absolute atomic E-state index is 11.2. The third-order valence-electron chi connectivity index (χ3n) is 1.97. The second-order valence-corrected chi connectivity index (χ2v) is 3.92. The van der Waals surface area contributed by atoms with Crippen LogP contribution in [0.25, 0.3) is 0 Å². The molecule has 0 aliphatic heterocycles. The van der Waals surface area contributed by atoms with Crippen LogP contribution < -0.4 is 0 Å². The number of carbonyl (C=O) groups excluding carboxylic acids is 1. The zero-order chi connectivity index (χ0) is 11.8. The van der Waals surface area contributed by atoms with Gasteiger partial charge in [0.25, 0.3) is 0 Å². The Labute approximate surface area is 92.5 Å². The number of rotatable bonds is 7. The Kier molecular flexibility index (Phi) is 7.05. The Morgan fingerprint density at radius 1 is 1.40 bits per heavy atom. The van der Waals surface area contributed by atoms with E-state index in [-0.39, 0.29) is 18.2 Å². The van der Waals surface area contributed by atoms with E-state index in [1.54, 1.807) is 6.92 Å². The molecule has 0 saturated carbocycles. The van der Waals surface area contributed by atoms with Crippen LogP contribution in [-0.4, -0.2) is 24.8 Å². The molecule has 15 heavy (non-hydrogen) atoms. The molecule has 0 saturated heterocycles. The lowest BCUT2D eigenvalue weighted by molar-refractivity contribution is -0.145. The maximum Gasteiger partial charge on any atom is 0.333 e. The Morgan fingerprint density at radius 3 is 2.40 bits per heavy atom. The molecule has 0 aromatic carbocycles. The minimum atomic E-state index is -0.314. The van der Waals surface area contributed by atoms with Crippen molar-refractivity contribution in [2.75, 3.05) is 6.61 Å². The molecule has 0 spiro atoms. The van der Waals surface area contributed by atoms with Crippen LogP contribution in [0.15, 0.2) is 12.2 Å². The highest BCUT2D eigenvalue weighted by Crippen LogP contribution is 2.07. The molecule has 0 amide bonds. The average molecular weight is 214 g/mol. The van der Waals surface area contributed by atoms with E-state index in [1.165, 1.54) is 0 Å². The van der Waals surface area contributed by atoms with Crippen LogP contribution in [0.5, 0.6) is 0 Å². The van der Waals surface area contributed by atoms with Crippen LogP contribution in [0, 0.1) is 0 Å². The highest BCUT2D eigenvalue weighted by Gasteiger charge is 2.12. The number of hydrogen-bond acceptors (Lipinski definition) is 3. The van der Waals surface area contributed by atoms with Gasteiger partial charge in [0.05, 0.1) is 12.7 Å². The van der Waals surface area contributed by atoms with Crippen molar-refractivity contribution in [2.45, 2.75) is 52.7 Å². The molecule has 0 N–H and O–H groups in total. The molecule has 3 nitrogen and oxygen atoms in total. The van der Waals surface area contributed by atoms with Crippen molar-refractivity contribution < 1.29 is 14.3 Å². The highest BCUT2D eigenvalue weighted by atomic mass is 16.5. The van der Waals surface area contributed by atoms with Gasteiger partial charge in [0, 0.05) is 12.0 Å². The predicted molar refractivity (Wildman–Crippen MR) is 60.7 cm³/mol. The zero-order valence-electron chi connectivity index (χ0n) is 10.2. The van der Waals surface area contributed by atoms with Gasteiger partial charge >= 0.3 is 5.97 Å². The average Bonchev–Trinajstić information content (AvgIpc) is 2.15. The molecular formula is C12H22O3. The van der Waals surface area contributed by atoms with Crippen molar-refractivity contribution in [3.8, 4) is 0 Å². The summed E-state index contributed by atoms with van der Waals surface area (Å²) < 4.78 is 10.6. The number of esters is 1. The summed E-state index contributed by atoms with van der Waals surface area (Å²) in [6.07, 6.45) is 1.71. The first-order valence-corrected chi connectivity index (χ1v) is 5.45. The Bertz CT molecular complexity index is 209. The molecule has 0 aliphatic rings. The van der Waals surface area contributed by atoms with Gasteiger partial charge in [-0.3, -0.25) is 0 Å². The molecule has 0 fully saturated rings. The second kappa shape index (κ2) is 7.46. The van der Waals surface area contributed by atoms with E-state index < -0.39 is 0 Å². The molecule has 0 bridgehead atoms. The third kappa shape index (κ3) is 7.14. The van der Waals surface area contributed by atoms with Gasteiger partial charge in [0.1, 0.15) is 6.10 Å². The zero-order valence-corrected chi connectivity index (χ0v) is 10.2. The fourth-order valence-corrected chi connectivity index (χ4v) is 1.03. The minimum absolute atomic E-state index is 0.0621. The van der Waals surface area contributed by atoms with Crippen molar-refractivity contribution >= 4 is 5.97 Å². The number of ether oxygens (including phenoxy) is 2. The highest BCUT2D eigenvalue weighted by molar-refractivity contribution is 5.87. The van der Waals surface area contributed by atoms with E-state index in [1.807, 2.05) is 20.8 Å². The molecule has 0 rings (SSSR count). The fourth-order valence-electron chi connectivity index (χ4n) is 1.03. The maximum atomic E-state index is 11.2. The largest absolute Gasteiger partial charge is 0.459 e. The number of carbonyl (C=O) groups is 1. The first kappa shape index (κ1) is 14.2. The molecule has 0 aliphatic carbocycles. The van der Waals surface area contributed by atoms with Gasteiger partial charge in [0.15, 0.2) is 0 Å². The van der Waals surface area contributed by atoms with Crippen LogP contribution >= 0.6 is 0 Å². The monoisotopic (exact) mass is 214 g/mol. The van der Waals surface area contributed by atoms with Crippen molar-refractivity contribution in [3.63, 3.8) is 0 Å². The molecule has 0 aromatic heterocycles. The van der Waals surface area contributed by atoms with Crippen molar-refractivity contribution in [2.24, 2.45) is 0 Å². The van der Waals surface area contributed by atoms with E-state index in [0.717, 1.165) is 12.8 Å². The van der Waals surface area contributed by atoms with Crippen molar-refractivity contribution in [1.29, 1.82) is 0 Å². The SMILES string of the molecule is C=C(C)C(=O)O[C@H](CC)CCOC(C)C. The number of hydrogen-bond donors (Lipinski definition) is 0. The lowest BCUT2D eigenvalue weighted by atomic mass is 10.2. The second-order valence-electron chi connectivity index (χ2n) is 3.92. The van der Waals surface area contributed by atoms with Crippen LogP contribution in [-0.2, 0) is 14.3 Å². The first-order valence-electron chi connectivity index (χ1n) is 5.45. The van der Waals surface area contributed by atoms with Gasteiger partial charge in [-0.1, -0.05) is 13.5 Å². The minimum Gasteiger partial charge on any atom is -0.459 e. The molecule has 0 unspecified atom stereocenters. The summed E-state index contributed by atoms with van der Waals surface area (Å²) in [5.74, 6) is -0.314. The fraction of sp³-hybridized carbons (Fsp3) is 0.750. The normalized spacial score (nSPS) is 12.6. The van der Waals surface area contributed by atoms with Crippen LogP contribution in [0.3, 0.4) is 0 Å². The predicted octanol–water partition coefficient (Wildman–Crippen LogP) is 2.70. The van der Waals surface area contributed by atoms with Gasteiger partial charge in [-0.25, -0.2) is 4.79 Å². The van der Waals surface area contributed by atoms with Gasteiger partial charge in [-0.2, -0.15) is 0 Å². The lowest BCUT2D eigenvalue weighted by Crippen LogP contribution is -2.20. The van der Waals surface area contributed by atoms with Gasteiger partial charge in [-0.15, -0.1) is 0 Å². The summed E-state index contributed by atoms with van der Waals surface area (Å²) in [7, 11) is 0. The summed E-state index contributed by atoms with van der Waals surface area (Å²) in [6.45, 7) is 11.8. The summed E-state index contributed by atoms with van der Waals surface area (Å²) in [4.78, 5) is 11.2. The topological polar surface area (TPSA) is 35.5 Å². The van der Waals surface area contributed by atoms with E-state index in [2.05, 4.69) is 6.58 Å².